The van der Waals surface area contributed by atoms with Crippen molar-refractivity contribution in [3.63, 3.8) is 0 Å². The van der Waals surface area contributed by atoms with Crippen LogP contribution in [0.25, 0.3) is 0 Å². The Kier molecular flexibility index (Phi) is 7.22. The number of carbonyl (C=O) groups is 2. The molecule has 8 heteroatoms. The van der Waals surface area contributed by atoms with E-state index in [1.807, 2.05) is 27.7 Å². The molecule has 0 unspecified atom stereocenters. The van der Waals surface area contributed by atoms with Crippen LogP contribution >= 0.6 is 0 Å². The summed E-state index contributed by atoms with van der Waals surface area (Å²) in [5, 5.41) is 5.38. The number of piperidine rings is 1. The minimum Gasteiger partial charge on any atom is -0.344 e. The first-order valence-electron chi connectivity index (χ1n) is 9.75. The van der Waals surface area contributed by atoms with E-state index in [0.717, 1.165) is 19.3 Å². The third kappa shape index (κ3) is 5.11. The van der Waals surface area contributed by atoms with Gasteiger partial charge < -0.3 is 10.6 Å². The molecule has 1 aliphatic heterocycles. The highest BCUT2D eigenvalue weighted by molar-refractivity contribution is 7.89. The predicted octanol–water partition coefficient (Wildman–Crippen LogP) is 2.74. The Labute approximate surface area is 167 Å². The number of rotatable bonds is 6. The molecule has 7 nitrogen and oxygen atoms in total. The van der Waals surface area contributed by atoms with Gasteiger partial charge in [0, 0.05) is 24.7 Å². The number of nitrogens with zero attached hydrogens (tertiary/aromatic N) is 1. The zero-order valence-corrected chi connectivity index (χ0v) is 18.0. The summed E-state index contributed by atoms with van der Waals surface area (Å²) in [5.41, 5.74) is 0.486. The SMILES string of the molecule is CC(=O)N[C@@H](C(=O)Nc1ccc(S(=O)(=O)N2[C@H](C)CCC[C@@H]2C)cc1)C(C)C. The molecule has 1 heterocycles. The highest BCUT2D eigenvalue weighted by Crippen LogP contribution is 2.30. The number of carbonyl (C=O) groups excluding carboxylic acids is 2. The second kappa shape index (κ2) is 9.05. The maximum Gasteiger partial charge on any atom is 0.247 e. The number of hydrogen-bond acceptors (Lipinski definition) is 4. The fourth-order valence-corrected chi connectivity index (χ4v) is 5.56. The van der Waals surface area contributed by atoms with E-state index in [0.29, 0.717) is 5.69 Å². The van der Waals surface area contributed by atoms with Crippen molar-refractivity contribution in [3.8, 4) is 0 Å². The minimum absolute atomic E-state index is 0.0300. The zero-order chi connectivity index (χ0) is 21.1. The number of anilines is 1. The van der Waals surface area contributed by atoms with Crippen molar-refractivity contribution < 1.29 is 18.0 Å². The van der Waals surface area contributed by atoms with Crippen molar-refractivity contribution in [2.75, 3.05) is 5.32 Å². The first kappa shape index (κ1) is 22.4. The molecule has 0 spiro atoms. The maximum atomic E-state index is 13.1. The molecule has 1 aliphatic rings. The number of amides is 2. The summed E-state index contributed by atoms with van der Waals surface area (Å²) in [7, 11) is -3.59. The summed E-state index contributed by atoms with van der Waals surface area (Å²) in [4.78, 5) is 24.0. The van der Waals surface area contributed by atoms with E-state index in [4.69, 9.17) is 0 Å². The first-order chi connectivity index (χ1) is 13.0. The molecule has 2 amide bonds. The van der Waals surface area contributed by atoms with Crippen molar-refractivity contribution in [1.29, 1.82) is 0 Å². The van der Waals surface area contributed by atoms with Crippen LogP contribution in [0, 0.1) is 5.92 Å². The van der Waals surface area contributed by atoms with Crippen molar-refractivity contribution in [1.82, 2.24) is 9.62 Å². The predicted molar refractivity (Wildman–Crippen MR) is 109 cm³/mol. The van der Waals surface area contributed by atoms with Gasteiger partial charge in [-0.25, -0.2) is 8.42 Å². The highest BCUT2D eigenvalue weighted by Gasteiger charge is 2.35. The van der Waals surface area contributed by atoms with Crippen LogP contribution in [0.4, 0.5) is 5.69 Å². The molecule has 156 valence electrons. The number of benzene rings is 1. The Morgan fingerprint density at radius 2 is 1.61 bits per heavy atom. The molecule has 1 fully saturated rings. The Bertz CT molecular complexity index is 795. The molecule has 0 bridgehead atoms. The van der Waals surface area contributed by atoms with E-state index < -0.39 is 16.1 Å². The smallest absolute Gasteiger partial charge is 0.247 e. The molecule has 28 heavy (non-hydrogen) atoms. The van der Waals surface area contributed by atoms with Crippen molar-refractivity contribution >= 4 is 27.5 Å². The number of nitrogens with one attached hydrogen (secondary N) is 2. The molecule has 0 saturated carbocycles. The molecule has 0 aliphatic carbocycles. The Morgan fingerprint density at radius 1 is 1.07 bits per heavy atom. The molecular formula is C20H31N3O4S. The van der Waals surface area contributed by atoms with E-state index in [-0.39, 0.29) is 34.7 Å². The van der Waals surface area contributed by atoms with Gasteiger partial charge in [-0.1, -0.05) is 20.3 Å². The lowest BCUT2D eigenvalue weighted by atomic mass is 10.0. The summed E-state index contributed by atoms with van der Waals surface area (Å²) in [6, 6.07) is 5.47. The minimum atomic E-state index is -3.59. The second-order valence-corrected chi connectivity index (χ2v) is 9.74. The number of hydrogen-bond donors (Lipinski definition) is 2. The van der Waals surface area contributed by atoms with E-state index in [2.05, 4.69) is 10.6 Å². The lowest BCUT2D eigenvalue weighted by Crippen LogP contribution is -2.47. The van der Waals surface area contributed by atoms with Crippen LogP contribution in [-0.2, 0) is 19.6 Å². The van der Waals surface area contributed by atoms with Crippen LogP contribution in [0.5, 0.6) is 0 Å². The van der Waals surface area contributed by atoms with Crippen LogP contribution in [0.15, 0.2) is 29.2 Å². The van der Waals surface area contributed by atoms with Crippen LogP contribution < -0.4 is 10.6 Å². The van der Waals surface area contributed by atoms with Gasteiger partial charge in [-0.2, -0.15) is 4.31 Å². The van der Waals surface area contributed by atoms with E-state index in [1.165, 1.54) is 19.1 Å². The average molecular weight is 410 g/mol. The van der Waals surface area contributed by atoms with Crippen molar-refractivity contribution in [2.45, 2.75) is 76.9 Å². The fraction of sp³-hybridized carbons (Fsp3) is 0.600. The van der Waals surface area contributed by atoms with Crippen LogP contribution in [0.3, 0.4) is 0 Å². The molecule has 1 aromatic rings. The Hall–Kier alpha value is -1.93. The molecule has 1 aromatic carbocycles. The quantitative estimate of drug-likeness (QED) is 0.755. The molecule has 2 rings (SSSR count). The molecule has 3 atom stereocenters. The lowest BCUT2D eigenvalue weighted by Gasteiger charge is -2.37. The maximum absolute atomic E-state index is 13.1. The van der Waals surface area contributed by atoms with Gasteiger partial charge in [-0.15, -0.1) is 0 Å². The molecule has 1 saturated heterocycles. The van der Waals surface area contributed by atoms with E-state index >= 15 is 0 Å². The fourth-order valence-electron chi connectivity index (χ4n) is 3.68. The van der Waals surface area contributed by atoms with Gasteiger partial charge in [0.2, 0.25) is 21.8 Å². The Balaban J connectivity index is 2.16. The third-order valence-corrected chi connectivity index (χ3v) is 7.26. The highest BCUT2D eigenvalue weighted by atomic mass is 32.2. The van der Waals surface area contributed by atoms with Gasteiger partial charge in [0.05, 0.1) is 4.90 Å². The zero-order valence-electron chi connectivity index (χ0n) is 17.2. The Morgan fingerprint density at radius 3 is 2.07 bits per heavy atom. The van der Waals surface area contributed by atoms with Crippen molar-refractivity contribution in [2.24, 2.45) is 5.92 Å². The van der Waals surface area contributed by atoms with Gasteiger partial charge in [0.25, 0.3) is 0 Å². The topological polar surface area (TPSA) is 95.6 Å². The standard InChI is InChI=1S/C20H31N3O4S/c1-13(2)19(21-16(5)24)20(25)22-17-9-11-18(12-10-17)28(26,27)23-14(3)7-6-8-15(23)4/h9-15,19H,6-8H2,1-5H3,(H,21,24)(H,22,25)/t14-,15+,19-/m1/s1. The van der Waals surface area contributed by atoms with Gasteiger partial charge in [0.1, 0.15) is 6.04 Å². The summed E-state index contributed by atoms with van der Waals surface area (Å²) in [6.07, 6.45) is 2.75. The van der Waals surface area contributed by atoms with Crippen molar-refractivity contribution in [3.05, 3.63) is 24.3 Å². The lowest BCUT2D eigenvalue weighted by molar-refractivity contribution is -0.126. The van der Waals surface area contributed by atoms with Gasteiger partial charge in [-0.3, -0.25) is 9.59 Å². The summed E-state index contributed by atoms with van der Waals surface area (Å²) in [5.74, 6) is -0.690. The van der Waals surface area contributed by atoms with Crippen LogP contribution in [0.2, 0.25) is 0 Å². The van der Waals surface area contributed by atoms with Gasteiger partial charge in [0.15, 0.2) is 0 Å². The van der Waals surface area contributed by atoms with E-state index in [9.17, 15) is 18.0 Å². The molecular weight excluding hydrogens is 378 g/mol. The van der Waals surface area contributed by atoms with Crippen LogP contribution in [-0.4, -0.2) is 42.7 Å². The van der Waals surface area contributed by atoms with Gasteiger partial charge >= 0.3 is 0 Å². The molecule has 0 radical (unpaired) electrons. The molecule has 0 aromatic heterocycles. The van der Waals surface area contributed by atoms with E-state index in [1.54, 1.807) is 16.4 Å². The van der Waals surface area contributed by atoms with Gasteiger partial charge in [-0.05, 0) is 56.9 Å². The summed E-state index contributed by atoms with van der Waals surface area (Å²) < 4.78 is 27.7. The summed E-state index contributed by atoms with van der Waals surface area (Å²) in [6.45, 7) is 8.93. The monoisotopic (exact) mass is 409 g/mol. The third-order valence-electron chi connectivity index (χ3n) is 5.12. The number of sulfonamides is 1. The summed E-state index contributed by atoms with van der Waals surface area (Å²) >= 11 is 0. The first-order valence-corrected chi connectivity index (χ1v) is 11.2. The second-order valence-electron chi connectivity index (χ2n) is 7.90. The normalized spacial score (nSPS) is 21.9. The average Bonchev–Trinajstić information content (AvgIpc) is 2.59. The molecule has 2 N–H and O–H groups in total. The van der Waals surface area contributed by atoms with Crippen LogP contribution in [0.1, 0.15) is 53.9 Å². The largest absolute Gasteiger partial charge is 0.344 e.